The molecule has 7 nitrogen and oxygen atoms in total. The van der Waals surface area contributed by atoms with E-state index in [0.29, 0.717) is 5.82 Å². The van der Waals surface area contributed by atoms with Gasteiger partial charge in [0.25, 0.3) is 0 Å². The molecule has 0 bridgehead atoms. The normalized spacial score (nSPS) is 12.9. The summed E-state index contributed by atoms with van der Waals surface area (Å²) in [5.41, 5.74) is 8.97. The zero-order valence-corrected chi connectivity index (χ0v) is 13.0. The molecule has 1 aromatic carbocycles. The minimum atomic E-state index is -0.598. The van der Waals surface area contributed by atoms with Gasteiger partial charge in [0.15, 0.2) is 0 Å². The number of aldehydes is 1. The third-order valence-electron chi connectivity index (χ3n) is 4.07. The van der Waals surface area contributed by atoms with Crippen molar-refractivity contribution in [2.75, 3.05) is 11.4 Å². The average molecular weight is 313 g/mol. The quantitative estimate of drug-likeness (QED) is 0.810. The van der Waals surface area contributed by atoms with Crippen molar-refractivity contribution in [1.29, 1.82) is 0 Å². The number of amides is 2. The lowest BCUT2D eigenvalue weighted by atomic mass is 10.1. The van der Waals surface area contributed by atoms with Crippen LogP contribution in [0.15, 0.2) is 24.4 Å². The molecule has 0 saturated heterocycles. The molecule has 3 N–H and O–H groups in total. The van der Waals surface area contributed by atoms with E-state index in [1.165, 1.54) is 16.0 Å². The number of anilines is 1. The minimum absolute atomic E-state index is 0.230. The zero-order valence-electron chi connectivity index (χ0n) is 13.0. The molecule has 1 aliphatic rings. The standard InChI is InChI=1S/C16H19N5O2/c1-20-14(21(16(17)23)5-2-6-22)10-19-15(20)11-3-4-12-8-18-9-13(12)7-11/h3-4,6-7,10,18H,2,5,8-9H2,1H3,(H2,17,23). The first-order valence-electron chi connectivity index (χ1n) is 7.47. The molecule has 0 spiro atoms. The number of nitrogens with zero attached hydrogens (tertiary/aromatic N) is 3. The van der Waals surface area contributed by atoms with E-state index in [1.807, 2.05) is 17.7 Å². The number of hydrogen-bond donors (Lipinski definition) is 2. The number of carbonyl (C=O) groups is 2. The zero-order chi connectivity index (χ0) is 16.4. The third-order valence-corrected chi connectivity index (χ3v) is 4.07. The Bertz CT molecular complexity index is 753. The van der Waals surface area contributed by atoms with Gasteiger partial charge in [-0.3, -0.25) is 4.90 Å². The number of fused-ring (bicyclic) bond motifs is 1. The fraction of sp³-hybridized carbons (Fsp3) is 0.312. The first-order valence-corrected chi connectivity index (χ1v) is 7.47. The van der Waals surface area contributed by atoms with Crippen molar-refractivity contribution in [3.63, 3.8) is 0 Å². The van der Waals surface area contributed by atoms with Crippen molar-refractivity contribution in [3.8, 4) is 11.4 Å². The van der Waals surface area contributed by atoms with E-state index in [0.717, 1.165) is 30.8 Å². The number of urea groups is 1. The second-order valence-electron chi connectivity index (χ2n) is 5.53. The number of benzene rings is 1. The van der Waals surface area contributed by atoms with Gasteiger partial charge in [0.2, 0.25) is 0 Å². The van der Waals surface area contributed by atoms with Crippen LogP contribution >= 0.6 is 0 Å². The van der Waals surface area contributed by atoms with Crippen molar-refractivity contribution in [2.45, 2.75) is 19.5 Å². The summed E-state index contributed by atoms with van der Waals surface area (Å²) < 4.78 is 1.82. The summed E-state index contributed by atoms with van der Waals surface area (Å²) in [5.74, 6) is 1.33. The molecule has 0 aliphatic carbocycles. The Morgan fingerprint density at radius 2 is 2.22 bits per heavy atom. The first kappa shape index (κ1) is 15.2. The molecular weight excluding hydrogens is 294 g/mol. The van der Waals surface area contributed by atoms with Gasteiger partial charge >= 0.3 is 6.03 Å². The summed E-state index contributed by atoms with van der Waals surface area (Å²) in [6.07, 6.45) is 2.60. The number of nitrogens with two attached hydrogens (primary N) is 1. The summed E-state index contributed by atoms with van der Waals surface area (Å²) in [4.78, 5) is 28.0. The second-order valence-corrected chi connectivity index (χ2v) is 5.53. The Labute approximate surface area is 134 Å². The first-order chi connectivity index (χ1) is 11.1. The van der Waals surface area contributed by atoms with E-state index in [9.17, 15) is 9.59 Å². The van der Waals surface area contributed by atoms with E-state index in [4.69, 9.17) is 5.73 Å². The molecule has 2 amide bonds. The lowest BCUT2D eigenvalue weighted by molar-refractivity contribution is -0.107. The molecule has 2 heterocycles. The molecule has 0 radical (unpaired) electrons. The van der Waals surface area contributed by atoms with Gasteiger partial charge in [0.05, 0.1) is 6.20 Å². The molecule has 0 unspecified atom stereocenters. The van der Waals surface area contributed by atoms with Gasteiger partial charge in [-0.1, -0.05) is 12.1 Å². The number of rotatable bonds is 5. The predicted molar refractivity (Wildman–Crippen MR) is 86.8 cm³/mol. The van der Waals surface area contributed by atoms with Crippen LogP contribution in [-0.2, 0) is 24.9 Å². The number of aromatic nitrogens is 2. The molecule has 0 fully saturated rings. The SMILES string of the molecule is Cn1c(N(CCC=O)C(N)=O)cnc1-c1ccc2c(c1)CNC2. The van der Waals surface area contributed by atoms with Crippen LogP contribution in [0, 0.1) is 0 Å². The summed E-state index contributed by atoms with van der Waals surface area (Å²) in [6, 6.07) is 5.64. The maximum absolute atomic E-state index is 11.6. The summed E-state index contributed by atoms with van der Waals surface area (Å²) in [6.45, 7) is 1.99. The van der Waals surface area contributed by atoms with Gasteiger partial charge in [-0.2, -0.15) is 0 Å². The molecule has 120 valence electrons. The summed E-state index contributed by atoms with van der Waals surface area (Å²) >= 11 is 0. The van der Waals surface area contributed by atoms with Crippen LogP contribution in [0.5, 0.6) is 0 Å². The van der Waals surface area contributed by atoms with Crippen LogP contribution in [0.25, 0.3) is 11.4 Å². The van der Waals surface area contributed by atoms with Gasteiger partial charge in [-0.25, -0.2) is 9.78 Å². The highest BCUT2D eigenvalue weighted by atomic mass is 16.2. The topological polar surface area (TPSA) is 93.3 Å². The van der Waals surface area contributed by atoms with Crippen LogP contribution in [0.1, 0.15) is 17.5 Å². The van der Waals surface area contributed by atoms with E-state index < -0.39 is 6.03 Å². The van der Waals surface area contributed by atoms with Crippen molar-refractivity contribution in [3.05, 3.63) is 35.5 Å². The summed E-state index contributed by atoms with van der Waals surface area (Å²) in [7, 11) is 1.83. The number of primary amides is 1. The van der Waals surface area contributed by atoms with E-state index in [-0.39, 0.29) is 13.0 Å². The smallest absolute Gasteiger partial charge is 0.320 e. The van der Waals surface area contributed by atoms with Crippen molar-refractivity contribution in [2.24, 2.45) is 12.8 Å². The number of hydrogen-bond acceptors (Lipinski definition) is 4. The number of carbonyl (C=O) groups excluding carboxylic acids is 2. The molecule has 1 aromatic heterocycles. The molecule has 3 rings (SSSR count). The Hall–Kier alpha value is -2.67. The van der Waals surface area contributed by atoms with Gasteiger partial charge in [0, 0.05) is 38.7 Å². The maximum Gasteiger partial charge on any atom is 0.320 e. The molecule has 1 aliphatic heterocycles. The fourth-order valence-electron chi connectivity index (χ4n) is 2.87. The van der Waals surface area contributed by atoms with Crippen LogP contribution in [0.4, 0.5) is 10.6 Å². The van der Waals surface area contributed by atoms with Gasteiger partial charge in [-0.15, -0.1) is 0 Å². The van der Waals surface area contributed by atoms with Crippen molar-refractivity contribution in [1.82, 2.24) is 14.9 Å². The van der Waals surface area contributed by atoms with Crippen LogP contribution in [-0.4, -0.2) is 28.4 Å². The molecule has 23 heavy (non-hydrogen) atoms. The molecule has 0 atom stereocenters. The van der Waals surface area contributed by atoms with Gasteiger partial charge in [0.1, 0.15) is 17.9 Å². The Kier molecular flexibility index (Phi) is 4.12. The van der Waals surface area contributed by atoms with E-state index in [2.05, 4.69) is 22.4 Å². The second kappa shape index (κ2) is 6.21. The third kappa shape index (κ3) is 2.83. The highest BCUT2D eigenvalue weighted by Gasteiger charge is 2.19. The Morgan fingerprint density at radius 1 is 1.43 bits per heavy atom. The van der Waals surface area contributed by atoms with E-state index in [1.54, 1.807) is 6.20 Å². The van der Waals surface area contributed by atoms with Crippen LogP contribution in [0.3, 0.4) is 0 Å². The lowest BCUT2D eigenvalue weighted by Gasteiger charge is -2.19. The Morgan fingerprint density at radius 3 is 2.96 bits per heavy atom. The van der Waals surface area contributed by atoms with Gasteiger partial charge < -0.3 is 20.4 Å². The van der Waals surface area contributed by atoms with Gasteiger partial charge in [-0.05, 0) is 17.2 Å². The molecule has 2 aromatic rings. The Balaban J connectivity index is 1.95. The number of imidazole rings is 1. The molecule has 0 saturated carbocycles. The van der Waals surface area contributed by atoms with Crippen molar-refractivity contribution < 1.29 is 9.59 Å². The monoisotopic (exact) mass is 313 g/mol. The van der Waals surface area contributed by atoms with Crippen LogP contribution < -0.4 is 16.0 Å². The van der Waals surface area contributed by atoms with E-state index >= 15 is 0 Å². The highest BCUT2D eigenvalue weighted by Crippen LogP contribution is 2.27. The molecular formula is C16H19N5O2. The van der Waals surface area contributed by atoms with Crippen molar-refractivity contribution >= 4 is 18.1 Å². The largest absolute Gasteiger partial charge is 0.351 e. The maximum atomic E-state index is 11.6. The number of nitrogens with one attached hydrogen (secondary N) is 1. The minimum Gasteiger partial charge on any atom is -0.351 e. The average Bonchev–Trinajstić information content (AvgIpc) is 3.14. The van der Waals surface area contributed by atoms with Crippen LogP contribution in [0.2, 0.25) is 0 Å². The highest BCUT2D eigenvalue weighted by molar-refractivity contribution is 5.90. The molecule has 7 heteroatoms. The summed E-state index contributed by atoms with van der Waals surface area (Å²) in [5, 5.41) is 3.31. The fourth-order valence-corrected chi connectivity index (χ4v) is 2.87. The lowest BCUT2D eigenvalue weighted by Crippen LogP contribution is -2.37. The predicted octanol–water partition coefficient (Wildman–Crippen LogP) is 1.16.